The number of nitrogens with zero attached hydrogens (tertiary/aromatic N) is 5. The number of hydrogen-bond acceptors (Lipinski definition) is 10. The van der Waals surface area contributed by atoms with Crippen LogP contribution < -0.4 is 31.7 Å². The second-order valence-corrected chi connectivity index (χ2v) is 14.6. The van der Waals surface area contributed by atoms with E-state index in [2.05, 4.69) is 36.2 Å². The summed E-state index contributed by atoms with van der Waals surface area (Å²) in [4.78, 5) is 75.5. The van der Waals surface area contributed by atoms with Crippen LogP contribution in [0.3, 0.4) is 0 Å². The minimum absolute atomic E-state index is 0.174. The molecule has 0 radical (unpaired) electrons. The maximum Gasteiger partial charge on any atom is 0.329 e. The molecule has 59 heavy (non-hydrogen) atoms. The van der Waals surface area contributed by atoms with Crippen molar-refractivity contribution in [3.05, 3.63) is 88.5 Å². The van der Waals surface area contributed by atoms with E-state index < -0.39 is 17.8 Å². The van der Waals surface area contributed by atoms with Crippen molar-refractivity contribution in [3.63, 3.8) is 0 Å². The number of nitrogens with one attached hydrogen (secondary N) is 4. The number of halogens is 1. The molecule has 310 valence electrons. The molecular weight excluding hydrogens is 758 g/mol. The number of anilines is 3. The highest BCUT2D eigenvalue weighted by molar-refractivity contribution is 6.02. The lowest BCUT2D eigenvalue weighted by molar-refractivity contribution is -0.135. The molecule has 1 unspecified atom stereocenters. The van der Waals surface area contributed by atoms with E-state index in [1.807, 2.05) is 18.2 Å². The summed E-state index contributed by atoms with van der Waals surface area (Å²) < 4.78 is 22.3. The second kappa shape index (κ2) is 19.8. The zero-order valence-corrected chi connectivity index (χ0v) is 33.6. The van der Waals surface area contributed by atoms with E-state index in [0.29, 0.717) is 35.5 Å². The molecule has 0 aliphatic carbocycles. The lowest BCUT2D eigenvalue weighted by Crippen LogP contribution is -2.44. The van der Waals surface area contributed by atoms with Crippen LogP contribution in [0.5, 0.6) is 5.75 Å². The molecule has 3 aromatic heterocycles. The summed E-state index contributed by atoms with van der Waals surface area (Å²) in [5.41, 5.74) is 4.03. The molecule has 15 nitrogen and oxygen atoms in total. The third-order valence-corrected chi connectivity index (χ3v) is 10.6. The molecule has 0 bridgehead atoms. The van der Waals surface area contributed by atoms with Gasteiger partial charge in [0.05, 0.1) is 53.0 Å². The van der Waals surface area contributed by atoms with Crippen LogP contribution in [0.2, 0.25) is 0 Å². The van der Waals surface area contributed by atoms with Crippen LogP contribution in [0.15, 0.2) is 65.8 Å². The molecule has 1 atom stereocenters. The van der Waals surface area contributed by atoms with E-state index in [0.717, 1.165) is 93.2 Å². The van der Waals surface area contributed by atoms with Gasteiger partial charge in [-0.1, -0.05) is 63.1 Å². The van der Waals surface area contributed by atoms with Gasteiger partial charge >= 0.3 is 5.69 Å². The fourth-order valence-electron chi connectivity index (χ4n) is 7.57. The first-order chi connectivity index (χ1) is 28.6. The van der Waals surface area contributed by atoms with Crippen LogP contribution in [0.1, 0.15) is 99.0 Å². The number of methoxy groups -OCH3 is 1. The highest BCUT2D eigenvalue weighted by Gasteiger charge is 2.31. The molecule has 0 saturated carbocycles. The summed E-state index contributed by atoms with van der Waals surface area (Å²) in [7, 11) is 4.73. The van der Waals surface area contributed by atoms with Gasteiger partial charge in [0.25, 0.3) is 5.91 Å². The van der Waals surface area contributed by atoms with Crippen molar-refractivity contribution in [2.24, 2.45) is 7.05 Å². The number of imide groups is 1. The smallest absolute Gasteiger partial charge is 0.329 e. The van der Waals surface area contributed by atoms with Gasteiger partial charge in [0.15, 0.2) is 17.4 Å². The van der Waals surface area contributed by atoms with Crippen molar-refractivity contribution in [1.29, 1.82) is 0 Å². The van der Waals surface area contributed by atoms with Crippen molar-refractivity contribution in [2.45, 2.75) is 89.5 Å². The van der Waals surface area contributed by atoms with Gasteiger partial charge in [0.2, 0.25) is 17.7 Å². The number of para-hydroxylation sites is 2. The number of unbranched alkanes of at least 4 members (excludes halogenated alkanes) is 8. The van der Waals surface area contributed by atoms with Crippen LogP contribution >= 0.6 is 0 Å². The highest BCUT2D eigenvalue weighted by atomic mass is 19.1. The number of rotatable bonds is 19. The Balaban J connectivity index is 0.919. The Kier molecular flexibility index (Phi) is 14.2. The molecule has 4 heterocycles. The number of imidazole rings is 1. The van der Waals surface area contributed by atoms with Crippen molar-refractivity contribution < 1.29 is 28.3 Å². The monoisotopic (exact) mass is 807 g/mol. The molecule has 6 rings (SSSR count). The number of amides is 4. The van der Waals surface area contributed by atoms with Crippen molar-refractivity contribution in [2.75, 3.05) is 24.8 Å². The number of aryl methyl sites for hydroxylation is 2. The van der Waals surface area contributed by atoms with Crippen LogP contribution in [0.25, 0.3) is 22.4 Å². The minimum Gasteiger partial charge on any atom is -0.494 e. The highest BCUT2D eigenvalue weighted by Crippen LogP contribution is 2.37. The van der Waals surface area contributed by atoms with E-state index in [9.17, 15) is 28.4 Å². The van der Waals surface area contributed by atoms with Crippen molar-refractivity contribution >= 4 is 51.9 Å². The molecular formula is C43H50FN9O6. The minimum atomic E-state index is -0.693. The van der Waals surface area contributed by atoms with E-state index in [-0.39, 0.29) is 47.0 Å². The summed E-state index contributed by atoms with van der Waals surface area (Å²) in [6.07, 6.45) is 14.4. The Bertz CT molecular complexity index is 2380. The molecule has 1 fully saturated rings. The number of fused-ring (bicyclic) bond motifs is 1. The fourth-order valence-corrected chi connectivity index (χ4v) is 7.57. The Morgan fingerprint density at radius 3 is 2.29 bits per heavy atom. The maximum absolute atomic E-state index is 13.5. The Morgan fingerprint density at radius 1 is 0.898 bits per heavy atom. The van der Waals surface area contributed by atoms with Crippen LogP contribution in [0, 0.1) is 5.82 Å². The van der Waals surface area contributed by atoms with E-state index in [4.69, 9.17) is 4.74 Å². The normalized spacial score (nSPS) is 13.9. The van der Waals surface area contributed by atoms with Crippen molar-refractivity contribution in [1.82, 2.24) is 34.7 Å². The largest absolute Gasteiger partial charge is 0.494 e. The molecule has 5 aromatic rings. The van der Waals surface area contributed by atoms with Gasteiger partial charge in [0, 0.05) is 39.2 Å². The quantitative estimate of drug-likeness (QED) is 0.0529. The topological polar surface area (TPSA) is 191 Å². The molecule has 1 aliphatic rings. The average Bonchev–Trinajstić information content (AvgIpc) is 3.48. The Labute approximate surface area is 341 Å². The number of aromatic nitrogens is 5. The van der Waals surface area contributed by atoms with E-state index in [1.165, 1.54) is 24.9 Å². The predicted molar refractivity (Wildman–Crippen MR) is 222 cm³/mol. The molecule has 2 aromatic carbocycles. The van der Waals surface area contributed by atoms with E-state index in [1.54, 1.807) is 35.9 Å². The number of carbonyl (C=O) groups excluding carboxylic acids is 4. The number of hydrogen-bond donors (Lipinski definition) is 4. The third-order valence-electron chi connectivity index (χ3n) is 10.6. The third kappa shape index (κ3) is 10.2. The summed E-state index contributed by atoms with van der Waals surface area (Å²) in [6, 6.07) is 12.0. The van der Waals surface area contributed by atoms with E-state index >= 15 is 0 Å². The zero-order valence-electron chi connectivity index (χ0n) is 33.6. The van der Waals surface area contributed by atoms with Gasteiger partial charge in [-0.05, 0) is 49.4 Å². The standard InChI is InChI=1S/C43H50FN9O6/c1-45-41(56)30-26-46-35(23-32(30)49-31-18-14-17-29(39(31)59-3)40-47-24-28(44)25-48-40)50-36(54)20-12-10-8-6-4-5-7-9-11-15-27-16-13-19-33-38(27)52(2)43(58)53(33)34-21-22-37(55)51-42(34)57/h13-14,16-19,23-26,34H,4-12,15,20-22H2,1-3H3,(H,45,56)(H,51,55,57)(H2,46,49,50,54). The van der Waals surface area contributed by atoms with Gasteiger partial charge in [-0.2, -0.15) is 0 Å². The Hall–Kier alpha value is -6.45. The number of ether oxygens (including phenoxy) is 1. The Morgan fingerprint density at radius 2 is 1.59 bits per heavy atom. The number of pyridine rings is 1. The van der Waals surface area contributed by atoms with Gasteiger partial charge < -0.3 is 20.7 Å². The average molecular weight is 808 g/mol. The van der Waals surface area contributed by atoms with Crippen LogP contribution in [-0.4, -0.2) is 61.9 Å². The molecule has 1 saturated heterocycles. The number of piperidine rings is 1. The van der Waals surface area contributed by atoms with Gasteiger partial charge in [0.1, 0.15) is 11.9 Å². The molecule has 4 amide bonds. The van der Waals surface area contributed by atoms with Gasteiger partial charge in [-0.3, -0.25) is 33.6 Å². The number of benzene rings is 2. The SMILES string of the molecule is CNC(=O)c1cnc(NC(=O)CCCCCCCCCCCc2cccc3c2n(C)c(=O)n3C2CCC(=O)NC2=O)cc1Nc1cccc(-c2ncc(F)cn2)c1OC. The second-order valence-electron chi connectivity index (χ2n) is 14.6. The first-order valence-corrected chi connectivity index (χ1v) is 20.1. The van der Waals surface area contributed by atoms with Gasteiger partial charge in [-0.25, -0.2) is 24.1 Å². The number of carbonyl (C=O) groups is 4. The first-order valence-electron chi connectivity index (χ1n) is 20.1. The summed E-state index contributed by atoms with van der Waals surface area (Å²) >= 11 is 0. The zero-order chi connectivity index (χ0) is 41.9. The lowest BCUT2D eigenvalue weighted by Gasteiger charge is -2.21. The lowest BCUT2D eigenvalue weighted by atomic mass is 10.0. The van der Waals surface area contributed by atoms with Gasteiger partial charge in [-0.15, -0.1) is 0 Å². The van der Waals surface area contributed by atoms with Crippen LogP contribution in [-0.2, 0) is 27.9 Å². The first kappa shape index (κ1) is 42.2. The molecule has 1 aliphatic heterocycles. The fraction of sp³-hybridized carbons (Fsp3) is 0.395. The predicted octanol–water partition coefficient (Wildman–Crippen LogP) is 6.50. The molecule has 0 spiro atoms. The summed E-state index contributed by atoms with van der Waals surface area (Å²) in [5, 5.41) is 11.0. The maximum atomic E-state index is 13.5. The van der Waals surface area contributed by atoms with Crippen LogP contribution in [0.4, 0.5) is 21.6 Å². The van der Waals surface area contributed by atoms with Crippen molar-refractivity contribution in [3.8, 4) is 17.1 Å². The molecule has 16 heteroatoms. The molecule has 4 N–H and O–H groups in total. The summed E-state index contributed by atoms with van der Waals surface area (Å²) in [6.45, 7) is 0. The summed E-state index contributed by atoms with van der Waals surface area (Å²) in [5.74, 6) is -0.925.